The molecular weight excluding hydrogens is 208 g/mol. The molecule has 0 spiro atoms. The number of phenols is 1. The van der Waals surface area contributed by atoms with Crippen LogP contribution in [0.3, 0.4) is 0 Å². The van der Waals surface area contributed by atoms with Gasteiger partial charge in [-0.2, -0.15) is 0 Å². The van der Waals surface area contributed by atoms with E-state index in [1.807, 2.05) is 0 Å². The van der Waals surface area contributed by atoms with Gasteiger partial charge in [0.1, 0.15) is 5.75 Å². The topological polar surface area (TPSA) is 77.8 Å². The summed E-state index contributed by atoms with van der Waals surface area (Å²) in [6, 6.07) is 4.32. The lowest BCUT2D eigenvalue weighted by molar-refractivity contribution is -0.139. The van der Waals surface area contributed by atoms with Crippen molar-refractivity contribution in [3.63, 3.8) is 0 Å². The van der Waals surface area contributed by atoms with Crippen LogP contribution in [0.5, 0.6) is 5.75 Å². The zero-order chi connectivity index (χ0) is 10.7. The van der Waals surface area contributed by atoms with Crippen LogP contribution in [0, 0.1) is 0 Å². The van der Waals surface area contributed by atoms with Crippen LogP contribution >= 0.6 is 11.6 Å². The van der Waals surface area contributed by atoms with E-state index in [0.717, 1.165) is 0 Å². The molecule has 0 bridgehead atoms. The van der Waals surface area contributed by atoms with E-state index in [4.69, 9.17) is 16.7 Å². The van der Waals surface area contributed by atoms with Crippen LogP contribution in [0.15, 0.2) is 18.2 Å². The van der Waals surface area contributed by atoms with Crippen molar-refractivity contribution in [3.8, 4) is 5.75 Å². The van der Waals surface area contributed by atoms with Crippen molar-refractivity contribution < 1.29 is 20.1 Å². The average molecular weight is 217 g/mol. The molecule has 1 atom stereocenters. The van der Waals surface area contributed by atoms with Crippen LogP contribution in [0.1, 0.15) is 18.1 Å². The van der Waals surface area contributed by atoms with E-state index < -0.39 is 18.5 Å². The van der Waals surface area contributed by atoms with Gasteiger partial charge < -0.3 is 15.3 Å². The zero-order valence-corrected chi connectivity index (χ0v) is 7.90. The summed E-state index contributed by atoms with van der Waals surface area (Å²) in [6.07, 6.45) is -1.78. The molecule has 76 valence electrons. The average Bonchev–Trinajstić information content (AvgIpc) is 2.01. The van der Waals surface area contributed by atoms with Crippen LogP contribution in [0.25, 0.3) is 0 Å². The van der Waals surface area contributed by atoms with Crippen molar-refractivity contribution in [1.29, 1.82) is 0 Å². The number of benzene rings is 1. The maximum absolute atomic E-state index is 10.3. The molecule has 0 aliphatic carbocycles. The predicted octanol–water partition coefficient (Wildman–Crippen LogP) is 1.55. The Morgan fingerprint density at radius 1 is 1.50 bits per heavy atom. The predicted molar refractivity (Wildman–Crippen MR) is 50.3 cm³/mol. The highest BCUT2D eigenvalue weighted by molar-refractivity contribution is 6.31. The third-order valence-corrected chi connectivity index (χ3v) is 2.06. The van der Waals surface area contributed by atoms with Crippen molar-refractivity contribution >= 4 is 17.6 Å². The molecule has 0 radical (unpaired) electrons. The third-order valence-electron chi connectivity index (χ3n) is 1.73. The van der Waals surface area contributed by atoms with E-state index >= 15 is 0 Å². The quantitative estimate of drug-likeness (QED) is 0.717. The first-order chi connectivity index (χ1) is 6.52. The molecule has 1 rings (SSSR count). The highest BCUT2D eigenvalue weighted by atomic mass is 35.5. The summed E-state index contributed by atoms with van der Waals surface area (Å²) in [7, 11) is 0. The van der Waals surface area contributed by atoms with E-state index in [0.29, 0.717) is 0 Å². The molecule has 0 aliphatic rings. The molecule has 0 aromatic heterocycles. The molecule has 5 heteroatoms. The highest BCUT2D eigenvalue weighted by Gasteiger charge is 2.18. The van der Waals surface area contributed by atoms with Crippen molar-refractivity contribution in [2.24, 2.45) is 0 Å². The van der Waals surface area contributed by atoms with Crippen molar-refractivity contribution in [3.05, 3.63) is 28.8 Å². The molecule has 0 aliphatic heterocycles. The summed E-state index contributed by atoms with van der Waals surface area (Å²) in [5.74, 6) is -1.36. The van der Waals surface area contributed by atoms with Crippen molar-refractivity contribution in [1.82, 2.24) is 0 Å². The summed E-state index contributed by atoms with van der Waals surface area (Å²) in [5, 5.41) is 27.4. The standard InChI is InChI=1S/C9H9ClO4/c10-5-2-1-3-6(11)9(5)7(12)4-8(13)14/h1-3,7,11-12H,4H2,(H,13,14). The molecule has 3 N–H and O–H groups in total. The largest absolute Gasteiger partial charge is 0.508 e. The first kappa shape index (κ1) is 10.8. The lowest BCUT2D eigenvalue weighted by atomic mass is 10.1. The molecular formula is C9H9ClO4. The first-order valence-corrected chi connectivity index (χ1v) is 4.27. The Kier molecular flexibility index (Phi) is 3.33. The van der Waals surface area contributed by atoms with Gasteiger partial charge >= 0.3 is 5.97 Å². The lowest BCUT2D eigenvalue weighted by Crippen LogP contribution is -2.06. The second kappa shape index (κ2) is 4.30. The Balaban J connectivity index is 2.99. The van der Waals surface area contributed by atoms with Crippen LogP contribution in [0.4, 0.5) is 0 Å². The number of carboxylic acids is 1. The Labute approximate surface area is 85.4 Å². The van der Waals surface area contributed by atoms with Gasteiger partial charge in [0.2, 0.25) is 0 Å². The number of aromatic hydroxyl groups is 1. The summed E-state index contributed by atoms with van der Waals surface area (Å²) < 4.78 is 0. The molecule has 0 saturated heterocycles. The number of carbonyl (C=O) groups is 1. The van der Waals surface area contributed by atoms with Gasteiger partial charge in [-0.15, -0.1) is 0 Å². The highest BCUT2D eigenvalue weighted by Crippen LogP contribution is 2.32. The number of phenolic OH excluding ortho intramolecular Hbond substituents is 1. The molecule has 0 fully saturated rings. The van der Waals surface area contributed by atoms with Crippen LogP contribution in [0.2, 0.25) is 5.02 Å². The van der Waals surface area contributed by atoms with E-state index in [1.165, 1.54) is 18.2 Å². The van der Waals surface area contributed by atoms with Gasteiger partial charge in [-0.25, -0.2) is 0 Å². The van der Waals surface area contributed by atoms with E-state index in [-0.39, 0.29) is 16.3 Å². The fourth-order valence-electron chi connectivity index (χ4n) is 1.12. The Morgan fingerprint density at radius 3 is 2.64 bits per heavy atom. The molecule has 1 aromatic rings. The van der Waals surface area contributed by atoms with Gasteiger partial charge in [0.15, 0.2) is 0 Å². The minimum absolute atomic E-state index is 0.0524. The van der Waals surface area contributed by atoms with Gasteiger partial charge in [-0.3, -0.25) is 4.79 Å². The number of aliphatic hydroxyl groups excluding tert-OH is 1. The van der Waals surface area contributed by atoms with Gasteiger partial charge in [0.05, 0.1) is 17.5 Å². The monoisotopic (exact) mass is 216 g/mol. The Morgan fingerprint density at radius 2 is 2.14 bits per heavy atom. The molecule has 1 unspecified atom stereocenters. The summed E-state index contributed by atoms with van der Waals surface area (Å²) in [6.45, 7) is 0. The maximum Gasteiger partial charge on any atom is 0.306 e. The fourth-order valence-corrected chi connectivity index (χ4v) is 1.42. The number of hydrogen-bond donors (Lipinski definition) is 3. The van der Waals surface area contributed by atoms with Crippen LogP contribution in [-0.2, 0) is 4.79 Å². The Hall–Kier alpha value is -1.26. The minimum atomic E-state index is -1.29. The molecule has 1 aromatic carbocycles. The van der Waals surface area contributed by atoms with Gasteiger partial charge in [-0.05, 0) is 12.1 Å². The number of aliphatic hydroxyl groups is 1. The van der Waals surface area contributed by atoms with E-state index in [9.17, 15) is 15.0 Å². The maximum atomic E-state index is 10.3. The SMILES string of the molecule is O=C(O)CC(O)c1c(O)cccc1Cl. The summed E-state index contributed by atoms with van der Waals surface area (Å²) in [4.78, 5) is 10.3. The first-order valence-electron chi connectivity index (χ1n) is 3.89. The molecule has 0 amide bonds. The zero-order valence-electron chi connectivity index (χ0n) is 7.14. The van der Waals surface area contributed by atoms with Crippen LogP contribution < -0.4 is 0 Å². The number of aliphatic carboxylic acids is 1. The van der Waals surface area contributed by atoms with Crippen molar-refractivity contribution in [2.45, 2.75) is 12.5 Å². The van der Waals surface area contributed by atoms with E-state index in [2.05, 4.69) is 0 Å². The number of carboxylic acid groups (broad SMARTS) is 1. The van der Waals surface area contributed by atoms with Gasteiger partial charge in [-0.1, -0.05) is 17.7 Å². The molecule has 14 heavy (non-hydrogen) atoms. The van der Waals surface area contributed by atoms with Gasteiger partial charge in [0, 0.05) is 5.56 Å². The second-order valence-corrected chi connectivity index (χ2v) is 3.19. The van der Waals surface area contributed by atoms with Gasteiger partial charge in [0.25, 0.3) is 0 Å². The van der Waals surface area contributed by atoms with E-state index in [1.54, 1.807) is 0 Å². The molecule has 0 saturated carbocycles. The molecule has 4 nitrogen and oxygen atoms in total. The number of halogens is 1. The summed E-state index contributed by atoms with van der Waals surface area (Å²) in [5.41, 5.74) is 0.0524. The fraction of sp³-hybridized carbons (Fsp3) is 0.222. The smallest absolute Gasteiger partial charge is 0.306 e. The number of rotatable bonds is 3. The number of hydrogen-bond acceptors (Lipinski definition) is 3. The summed E-state index contributed by atoms with van der Waals surface area (Å²) >= 11 is 5.69. The van der Waals surface area contributed by atoms with Crippen molar-refractivity contribution in [2.75, 3.05) is 0 Å². The second-order valence-electron chi connectivity index (χ2n) is 2.79. The molecule has 0 heterocycles. The van der Waals surface area contributed by atoms with Crippen LogP contribution in [-0.4, -0.2) is 21.3 Å². The minimum Gasteiger partial charge on any atom is -0.508 e. The lowest BCUT2D eigenvalue weighted by Gasteiger charge is -2.11. The third kappa shape index (κ3) is 2.37. The normalized spacial score (nSPS) is 12.4. The Bertz CT molecular complexity index is 330.